The van der Waals surface area contributed by atoms with E-state index in [1.165, 1.54) is 30.5 Å². The van der Waals surface area contributed by atoms with Crippen molar-refractivity contribution in [2.24, 2.45) is 5.14 Å². The zero-order chi connectivity index (χ0) is 22.1. The number of halogens is 2. The number of nitrogens with one attached hydrogen (secondary N) is 1. The van der Waals surface area contributed by atoms with E-state index in [1.54, 1.807) is 22.9 Å². The van der Waals surface area contributed by atoms with Gasteiger partial charge < -0.3 is 0 Å². The van der Waals surface area contributed by atoms with E-state index in [-0.39, 0.29) is 5.69 Å². The van der Waals surface area contributed by atoms with E-state index in [0.29, 0.717) is 21.2 Å². The van der Waals surface area contributed by atoms with E-state index in [0.717, 1.165) is 12.1 Å². The quantitative estimate of drug-likeness (QED) is 0.569. The van der Waals surface area contributed by atoms with Crippen molar-refractivity contribution in [1.29, 1.82) is 0 Å². The van der Waals surface area contributed by atoms with Gasteiger partial charge in [-0.1, -0.05) is 53.5 Å². The first kappa shape index (κ1) is 22.2. The van der Waals surface area contributed by atoms with E-state index in [9.17, 15) is 21.6 Å². The summed E-state index contributed by atoms with van der Waals surface area (Å²) in [7, 11) is -8.86. The van der Waals surface area contributed by atoms with Crippen molar-refractivity contribution in [1.82, 2.24) is 9.71 Å². The molecule has 0 bridgehead atoms. The Morgan fingerprint density at radius 1 is 0.900 bits per heavy atom. The zero-order valence-corrected chi connectivity index (χ0v) is 18.1. The van der Waals surface area contributed by atoms with Crippen LogP contribution in [0.1, 0.15) is 10.5 Å². The van der Waals surface area contributed by atoms with Crippen LogP contribution in [-0.4, -0.2) is 27.7 Å². The number of benzene rings is 2. The van der Waals surface area contributed by atoms with Crippen LogP contribution in [0.4, 0.5) is 0 Å². The van der Waals surface area contributed by atoms with Gasteiger partial charge in [0, 0.05) is 17.3 Å². The Morgan fingerprint density at radius 2 is 1.57 bits per heavy atom. The number of sulfonamides is 2. The van der Waals surface area contributed by atoms with Crippen molar-refractivity contribution in [2.75, 3.05) is 0 Å². The summed E-state index contributed by atoms with van der Waals surface area (Å²) >= 11 is 12.1. The molecular formula is C18H13Cl2N3O5S2. The van der Waals surface area contributed by atoms with Gasteiger partial charge in [0.25, 0.3) is 15.9 Å². The van der Waals surface area contributed by atoms with Crippen LogP contribution in [0.15, 0.2) is 70.6 Å². The smallest absolute Gasteiger partial charge is 0.266 e. The van der Waals surface area contributed by atoms with Gasteiger partial charge in [-0.05, 0) is 24.3 Å². The molecule has 0 spiro atoms. The lowest BCUT2D eigenvalue weighted by Gasteiger charge is -2.10. The Kier molecular flexibility index (Phi) is 6.16. The number of nitrogens with zero attached hydrogens (tertiary/aromatic N) is 1. The zero-order valence-electron chi connectivity index (χ0n) is 14.9. The summed E-state index contributed by atoms with van der Waals surface area (Å²) in [6.07, 6.45) is 1.33. The van der Waals surface area contributed by atoms with E-state index in [1.807, 2.05) is 0 Å². The van der Waals surface area contributed by atoms with Crippen molar-refractivity contribution in [2.45, 2.75) is 9.79 Å². The molecule has 1 aromatic heterocycles. The average molecular weight is 486 g/mol. The summed E-state index contributed by atoms with van der Waals surface area (Å²) in [5, 5.41) is 5.70. The highest BCUT2D eigenvalue weighted by atomic mass is 35.5. The summed E-state index contributed by atoms with van der Waals surface area (Å²) < 4.78 is 50.2. The van der Waals surface area contributed by atoms with Crippen molar-refractivity contribution in [3.8, 4) is 11.1 Å². The number of carbonyl (C=O) groups excluding carboxylic acids is 1. The van der Waals surface area contributed by atoms with Crippen molar-refractivity contribution >= 4 is 49.2 Å². The molecular weight excluding hydrogens is 473 g/mol. The number of rotatable bonds is 5. The third-order valence-electron chi connectivity index (χ3n) is 3.93. The highest BCUT2D eigenvalue weighted by Gasteiger charge is 2.26. The average Bonchev–Trinajstić information content (AvgIpc) is 2.69. The minimum atomic E-state index is -4.53. The van der Waals surface area contributed by atoms with Gasteiger partial charge in [0.2, 0.25) is 10.0 Å². The second-order valence-corrected chi connectivity index (χ2v) is 9.93. The van der Waals surface area contributed by atoms with Crippen molar-refractivity contribution in [3.05, 3.63) is 76.5 Å². The lowest BCUT2D eigenvalue weighted by molar-refractivity contribution is 0.0976. The van der Waals surface area contributed by atoms with Crippen LogP contribution < -0.4 is 9.86 Å². The van der Waals surface area contributed by atoms with Crippen LogP contribution in [0.2, 0.25) is 10.0 Å². The first-order valence-corrected chi connectivity index (χ1v) is 11.9. The van der Waals surface area contributed by atoms with Gasteiger partial charge in [0.15, 0.2) is 0 Å². The van der Waals surface area contributed by atoms with Gasteiger partial charge in [-0.15, -0.1) is 0 Å². The predicted molar refractivity (Wildman–Crippen MR) is 112 cm³/mol. The van der Waals surface area contributed by atoms with Gasteiger partial charge >= 0.3 is 0 Å². The van der Waals surface area contributed by atoms with Crippen molar-refractivity contribution in [3.63, 3.8) is 0 Å². The molecule has 1 amide bonds. The molecule has 0 saturated carbocycles. The van der Waals surface area contributed by atoms with E-state index >= 15 is 0 Å². The summed E-state index contributed by atoms with van der Waals surface area (Å²) in [5.41, 5.74) is 0.924. The summed E-state index contributed by atoms with van der Waals surface area (Å²) in [5.74, 6) is -1.05. The van der Waals surface area contributed by atoms with Crippen LogP contribution in [-0.2, 0) is 20.0 Å². The molecule has 3 aromatic rings. The fourth-order valence-corrected chi connectivity index (χ4v) is 5.30. The Balaban J connectivity index is 1.89. The Hall–Kier alpha value is -2.50. The maximum Gasteiger partial charge on any atom is 0.283 e. The number of nitrogens with two attached hydrogens (primary N) is 1. The molecule has 0 fully saturated rings. The second kappa shape index (κ2) is 8.32. The molecule has 0 aliphatic rings. The topological polar surface area (TPSA) is 136 Å². The molecule has 3 N–H and O–H groups in total. The normalized spacial score (nSPS) is 11.8. The van der Waals surface area contributed by atoms with Gasteiger partial charge in [0.1, 0.15) is 15.5 Å². The Bertz CT molecular complexity index is 1340. The maximum atomic E-state index is 12.5. The molecule has 30 heavy (non-hydrogen) atoms. The van der Waals surface area contributed by atoms with Crippen LogP contribution in [0.5, 0.6) is 0 Å². The van der Waals surface area contributed by atoms with Gasteiger partial charge in [-0.25, -0.2) is 26.7 Å². The largest absolute Gasteiger partial charge is 0.283 e. The second-order valence-electron chi connectivity index (χ2n) is 5.96. The number of pyridine rings is 1. The number of carbonyl (C=O) groups is 1. The molecule has 0 unspecified atom stereocenters. The fourth-order valence-electron chi connectivity index (χ4n) is 2.55. The number of hydrogen-bond donors (Lipinski definition) is 2. The van der Waals surface area contributed by atoms with E-state index in [4.69, 9.17) is 28.3 Å². The highest BCUT2D eigenvalue weighted by Crippen LogP contribution is 2.33. The molecule has 0 radical (unpaired) electrons. The lowest BCUT2D eigenvalue weighted by Crippen LogP contribution is -2.32. The first-order valence-electron chi connectivity index (χ1n) is 8.10. The molecule has 8 nitrogen and oxygen atoms in total. The standard InChI is InChI=1S/C18H13Cl2N3O5S2/c19-13-5-3-4-12(17(13)20)11-8-9-14(22-10-11)18(24)23-30(27,28)16-7-2-1-6-15(16)29(21,25)26/h1-10H,(H,23,24)(H2,21,25,26). The first-order chi connectivity index (χ1) is 14.0. The molecule has 0 saturated heterocycles. The fraction of sp³-hybridized carbons (Fsp3) is 0. The minimum Gasteiger partial charge on any atom is -0.266 e. The number of aromatic nitrogens is 1. The van der Waals surface area contributed by atoms with Gasteiger partial charge in [-0.3, -0.25) is 9.78 Å². The Labute approximate surface area is 182 Å². The van der Waals surface area contributed by atoms with Crippen LogP contribution in [0, 0.1) is 0 Å². The SMILES string of the molecule is NS(=O)(=O)c1ccccc1S(=O)(=O)NC(=O)c1ccc(-c2cccc(Cl)c2Cl)cn1. The lowest BCUT2D eigenvalue weighted by atomic mass is 10.1. The molecule has 2 aromatic carbocycles. The van der Waals surface area contributed by atoms with Crippen molar-refractivity contribution < 1.29 is 21.6 Å². The van der Waals surface area contributed by atoms with Crippen LogP contribution in [0.3, 0.4) is 0 Å². The molecule has 1 heterocycles. The summed E-state index contributed by atoms with van der Waals surface area (Å²) in [6, 6.07) is 12.5. The molecule has 156 valence electrons. The van der Waals surface area contributed by atoms with Gasteiger partial charge in [0.05, 0.1) is 10.0 Å². The molecule has 0 aliphatic heterocycles. The predicted octanol–water partition coefficient (Wildman–Crippen LogP) is 2.82. The van der Waals surface area contributed by atoms with Crippen LogP contribution in [0.25, 0.3) is 11.1 Å². The Morgan fingerprint density at radius 3 is 2.17 bits per heavy atom. The van der Waals surface area contributed by atoms with Crippen LogP contribution >= 0.6 is 23.2 Å². The minimum absolute atomic E-state index is 0.214. The number of primary sulfonamides is 1. The third kappa shape index (κ3) is 4.63. The molecule has 3 rings (SSSR count). The van der Waals surface area contributed by atoms with E-state index in [2.05, 4.69) is 4.98 Å². The van der Waals surface area contributed by atoms with Gasteiger partial charge in [-0.2, -0.15) is 0 Å². The molecule has 0 atom stereocenters. The van der Waals surface area contributed by atoms with E-state index < -0.39 is 35.7 Å². The summed E-state index contributed by atoms with van der Waals surface area (Å²) in [4.78, 5) is 15.1. The maximum absolute atomic E-state index is 12.5. The summed E-state index contributed by atoms with van der Waals surface area (Å²) in [6.45, 7) is 0. The third-order valence-corrected chi connectivity index (χ3v) is 7.24. The molecule has 12 heteroatoms. The number of amides is 1. The molecule has 0 aliphatic carbocycles. The monoisotopic (exact) mass is 485 g/mol. The number of hydrogen-bond acceptors (Lipinski definition) is 6. The highest BCUT2D eigenvalue weighted by molar-refractivity contribution is 7.92.